The van der Waals surface area contributed by atoms with E-state index >= 15 is 0 Å². The summed E-state index contributed by atoms with van der Waals surface area (Å²) in [6, 6.07) is 72.7. The van der Waals surface area contributed by atoms with Gasteiger partial charge in [-0.25, -0.2) is 4.98 Å². The topological polar surface area (TPSA) is 25.8 Å². The molecule has 0 radical (unpaired) electrons. The Bertz CT molecular complexity index is 4350. The minimum absolute atomic E-state index is 0.129. The number of rotatable bonds is 3. The lowest BCUT2D eigenvalue weighted by Gasteiger charge is -2.24. The summed E-state index contributed by atoms with van der Waals surface area (Å²) in [7, 11) is 0. The van der Waals surface area contributed by atoms with Crippen molar-refractivity contribution in [2.75, 3.05) is 0 Å². The molecule has 69 heavy (non-hydrogen) atoms. The van der Waals surface area contributed by atoms with Gasteiger partial charge in [-0.2, -0.15) is 0 Å². The lowest BCUT2D eigenvalue weighted by molar-refractivity contribution is 1.23. The molecule has 12 aromatic rings. The number of aromatic nitrogens is 2. The largest absolute Gasteiger partial charge is 0.256 e. The Kier molecular flexibility index (Phi) is 7.63. The number of hydrogen-bond donors (Lipinski definition) is 0. The molecule has 0 aliphatic heterocycles. The number of aryl methyl sites for hydroxylation is 2. The van der Waals surface area contributed by atoms with Crippen molar-refractivity contribution in [1.29, 1.82) is 0 Å². The summed E-state index contributed by atoms with van der Waals surface area (Å²) in [4.78, 5) is 10.2. The van der Waals surface area contributed by atoms with Gasteiger partial charge in [-0.15, -0.1) is 11.3 Å². The van der Waals surface area contributed by atoms with Crippen LogP contribution in [0.25, 0.3) is 143 Å². The van der Waals surface area contributed by atoms with Crippen LogP contribution >= 0.6 is 11.3 Å². The molecule has 3 aromatic heterocycles. The fraction of sp³-hybridized carbons (Fsp3) is 0.0303. The molecule has 3 heteroatoms. The van der Waals surface area contributed by atoms with Crippen molar-refractivity contribution in [3.05, 3.63) is 230 Å². The second kappa shape index (κ2) is 15.5. The second-order valence-corrected chi connectivity index (χ2v) is 19.0. The van der Waals surface area contributed by atoms with E-state index in [-0.39, 0.29) is 22.5 Å². The second-order valence-electron chi connectivity index (χ2n) is 17.9. The predicted octanol–water partition coefficient (Wildman–Crippen LogP) is 18.4. The molecule has 2 aliphatic rings. The number of thiophene rings is 1. The van der Waals surface area contributed by atoms with Crippen LogP contribution in [0, 0.1) is 13.7 Å². The van der Waals surface area contributed by atoms with Gasteiger partial charge in [0.15, 0.2) is 0 Å². The number of hydrogen-bond acceptors (Lipinski definition) is 3. The summed E-state index contributed by atoms with van der Waals surface area (Å²) in [5, 5.41) is 2.49. The molecule has 3 heterocycles. The summed E-state index contributed by atoms with van der Waals surface area (Å²) >= 11 is 1.82. The van der Waals surface area contributed by atoms with Crippen molar-refractivity contribution in [3.63, 3.8) is 0 Å². The van der Waals surface area contributed by atoms with E-state index in [0.717, 1.165) is 94.7 Å². The lowest BCUT2D eigenvalue weighted by atomic mass is 9.79. The normalized spacial score (nSPS) is 13.6. The third-order valence-corrected chi connectivity index (χ3v) is 15.4. The van der Waals surface area contributed by atoms with Crippen molar-refractivity contribution in [3.8, 4) is 123 Å². The molecule has 322 valence electrons. The highest BCUT2D eigenvalue weighted by atomic mass is 32.1. The highest BCUT2D eigenvalue weighted by Crippen LogP contribution is 2.52. The Hall–Kier alpha value is -8.50. The average molecular weight is 901 g/mol. The van der Waals surface area contributed by atoms with Crippen LogP contribution in [0.3, 0.4) is 0 Å². The molecule has 9 aromatic carbocycles. The van der Waals surface area contributed by atoms with E-state index in [0.29, 0.717) is 11.1 Å². The van der Waals surface area contributed by atoms with Crippen molar-refractivity contribution >= 4 is 31.5 Å². The molecule has 2 nitrogen and oxygen atoms in total. The minimum Gasteiger partial charge on any atom is -0.256 e. The summed E-state index contributed by atoms with van der Waals surface area (Å²) in [6.07, 6.45) is 1.81. The SMILES string of the molecule is [2H]C([2H])([2H])c1cc(C([2H])([2H])[2H])c(-c2ccc3c(c2)-c2ccccc2-c2ccccc2-c2ncccc2-3)nc1-c1ccc2c(c1)-c1ccccc1-c1ccccc1-c1cc(-c3cccc4c3sc3ccccc34)ccc1-2. The Morgan fingerprint density at radius 3 is 1.32 bits per heavy atom. The van der Waals surface area contributed by atoms with E-state index in [2.05, 4.69) is 140 Å². The van der Waals surface area contributed by atoms with Crippen LogP contribution in [0.2, 0.25) is 0 Å². The van der Waals surface area contributed by atoms with Crippen molar-refractivity contribution in [2.45, 2.75) is 13.7 Å². The van der Waals surface area contributed by atoms with E-state index in [9.17, 15) is 0 Å². The van der Waals surface area contributed by atoms with Crippen LogP contribution in [0.1, 0.15) is 19.4 Å². The van der Waals surface area contributed by atoms with Crippen molar-refractivity contribution in [1.82, 2.24) is 9.97 Å². The van der Waals surface area contributed by atoms with E-state index in [1.54, 1.807) is 0 Å². The van der Waals surface area contributed by atoms with Crippen LogP contribution in [-0.4, -0.2) is 9.97 Å². The van der Waals surface area contributed by atoms with Crippen LogP contribution in [0.5, 0.6) is 0 Å². The number of nitrogens with zero attached hydrogens (tertiary/aromatic N) is 2. The quantitative estimate of drug-likeness (QED) is 0.177. The predicted molar refractivity (Wildman–Crippen MR) is 291 cm³/mol. The molecule has 0 bridgehead atoms. The van der Waals surface area contributed by atoms with E-state index in [1.165, 1.54) is 31.8 Å². The summed E-state index contributed by atoms with van der Waals surface area (Å²) in [5.74, 6) is 0. The highest BCUT2D eigenvalue weighted by Gasteiger charge is 2.26. The number of pyridine rings is 2. The molecule has 0 unspecified atom stereocenters. The van der Waals surface area contributed by atoms with Gasteiger partial charge in [0.25, 0.3) is 0 Å². The zero-order valence-corrected chi connectivity index (χ0v) is 37.9. The fourth-order valence-corrected chi connectivity index (χ4v) is 12.3. The van der Waals surface area contributed by atoms with Gasteiger partial charge in [0, 0.05) is 56.8 Å². The molecule has 0 spiro atoms. The summed E-state index contributed by atoms with van der Waals surface area (Å²) in [6.45, 7) is -5.42. The number of fused-ring (bicyclic) bond motifs is 19. The maximum absolute atomic E-state index is 8.94. The Morgan fingerprint density at radius 2 is 0.739 bits per heavy atom. The van der Waals surface area contributed by atoms with Crippen molar-refractivity contribution in [2.24, 2.45) is 0 Å². The van der Waals surface area contributed by atoms with Crippen LogP contribution in [0.4, 0.5) is 0 Å². The Morgan fingerprint density at radius 1 is 0.319 bits per heavy atom. The third-order valence-electron chi connectivity index (χ3n) is 14.1. The third kappa shape index (κ3) is 6.17. The molecule has 0 atom stereocenters. The maximum Gasteiger partial charge on any atom is 0.0786 e. The summed E-state index contributed by atoms with van der Waals surface area (Å²) in [5.41, 5.74) is 19.4. The van der Waals surface area contributed by atoms with Crippen LogP contribution in [-0.2, 0) is 0 Å². The molecule has 0 amide bonds. The van der Waals surface area contributed by atoms with Gasteiger partial charge in [0.2, 0.25) is 0 Å². The van der Waals surface area contributed by atoms with Crippen LogP contribution in [0.15, 0.2) is 219 Å². The minimum atomic E-state index is -2.71. The molecule has 0 saturated heterocycles. The first-order chi connectivity index (χ1) is 36.5. The van der Waals surface area contributed by atoms with Gasteiger partial charge in [0.1, 0.15) is 0 Å². The molecule has 0 saturated carbocycles. The van der Waals surface area contributed by atoms with Gasteiger partial charge in [-0.1, -0.05) is 182 Å². The van der Waals surface area contributed by atoms with E-state index in [4.69, 9.17) is 18.2 Å². The maximum atomic E-state index is 8.94. The molecule has 0 N–H and O–H groups in total. The zero-order chi connectivity index (χ0) is 50.7. The van der Waals surface area contributed by atoms with Gasteiger partial charge in [-0.05, 0) is 139 Å². The molecule has 14 rings (SSSR count). The zero-order valence-electron chi connectivity index (χ0n) is 43.1. The van der Waals surface area contributed by atoms with E-state index in [1.807, 2.05) is 84.3 Å². The lowest BCUT2D eigenvalue weighted by Crippen LogP contribution is -2.00. The summed E-state index contributed by atoms with van der Waals surface area (Å²) < 4.78 is 56.0. The van der Waals surface area contributed by atoms with Gasteiger partial charge < -0.3 is 0 Å². The smallest absolute Gasteiger partial charge is 0.0786 e. The molecular formula is C66H42N2S. The van der Waals surface area contributed by atoms with Gasteiger partial charge >= 0.3 is 0 Å². The Balaban J connectivity index is 0.989. The fourth-order valence-electron chi connectivity index (χ4n) is 11.0. The molecular weight excluding hydrogens is 853 g/mol. The highest BCUT2D eigenvalue weighted by molar-refractivity contribution is 7.26. The van der Waals surface area contributed by atoms with Crippen LogP contribution < -0.4 is 0 Å². The van der Waals surface area contributed by atoms with Gasteiger partial charge in [-0.3, -0.25) is 4.98 Å². The van der Waals surface area contributed by atoms with Crippen molar-refractivity contribution < 1.29 is 8.22 Å². The molecule has 0 fully saturated rings. The van der Waals surface area contributed by atoms with Gasteiger partial charge in [0.05, 0.1) is 17.1 Å². The number of benzene rings is 9. The monoisotopic (exact) mass is 900 g/mol. The average Bonchev–Trinajstić information content (AvgIpc) is 3.86. The molecule has 2 aliphatic carbocycles. The Labute approximate surface area is 414 Å². The van der Waals surface area contributed by atoms with E-state index < -0.39 is 13.7 Å². The standard InChI is InChI=1S/C66H42N2S/c1-39-35-40(2)64(43-30-33-54-57-26-14-34-67-65(57)56-23-10-9-18-48(56)47-17-5-8-21-51(47)61(54)38-43)68-63(39)42-29-32-53-52-31-28-41(44-24-13-25-58-55-22-11-12-27-62(55)69-66(44)58)36-59(52)49-19-6-3-15-45(49)46-16-4-7-20-50(46)60(53)37-42/h3-38H,1-2H3/i1D3,2D3. The first-order valence-electron chi connectivity index (χ1n) is 26.2. The first-order valence-corrected chi connectivity index (χ1v) is 24.0. The first kappa shape index (κ1) is 33.9.